The fraction of sp³-hybridized carbons (Fsp3) is 0.259. The largest absolute Gasteiger partial charge is 0.488 e. The Morgan fingerprint density at radius 3 is 2.33 bits per heavy atom. The summed E-state index contributed by atoms with van der Waals surface area (Å²) < 4.78 is 20.4. The van der Waals surface area contributed by atoms with Gasteiger partial charge in [0.25, 0.3) is 0 Å². The molecule has 0 bridgehead atoms. The Morgan fingerprint density at radius 1 is 0.944 bits per heavy atom. The van der Waals surface area contributed by atoms with Gasteiger partial charge in [-0.05, 0) is 53.4 Å². The number of ether oxygens (including phenoxy) is 1. The quantitative estimate of drug-likeness (QED) is 0.231. The molecule has 2 amide bonds. The van der Waals surface area contributed by atoms with Crippen molar-refractivity contribution < 1.29 is 13.9 Å². The van der Waals surface area contributed by atoms with Crippen LogP contribution in [-0.2, 0) is 0 Å². The first-order valence-electron chi connectivity index (χ1n) is 12.1. The fourth-order valence-corrected chi connectivity index (χ4v) is 4.03. The van der Waals surface area contributed by atoms with E-state index in [-0.39, 0.29) is 11.8 Å². The first-order chi connectivity index (χ1) is 17.6. The van der Waals surface area contributed by atoms with E-state index in [0.29, 0.717) is 17.3 Å². The zero-order valence-corrected chi connectivity index (χ0v) is 20.3. The number of nitrogens with one attached hydrogen (secondary N) is 3. The van der Waals surface area contributed by atoms with Crippen LogP contribution in [0.1, 0.15) is 39.5 Å². The number of H-pyrrole nitrogens is 1. The van der Waals surface area contributed by atoms with Crippen molar-refractivity contribution in [2.45, 2.75) is 45.6 Å². The maximum absolute atomic E-state index is 14.1. The van der Waals surface area contributed by atoms with Crippen LogP contribution in [0.3, 0.4) is 0 Å². The number of nitrogens with zero attached hydrogens (tertiary/aromatic N) is 3. The molecule has 4 aromatic rings. The minimum Gasteiger partial charge on any atom is -0.488 e. The van der Waals surface area contributed by atoms with Gasteiger partial charge < -0.3 is 15.4 Å². The molecule has 8 nitrogen and oxygen atoms in total. The molecular formula is C27H29FN6O2. The van der Waals surface area contributed by atoms with Crippen LogP contribution in [0, 0.1) is 5.82 Å². The average Bonchev–Trinajstić information content (AvgIpc) is 3.42. The van der Waals surface area contributed by atoms with E-state index in [9.17, 15) is 9.18 Å². The Morgan fingerprint density at radius 2 is 1.64 bits per heavy atom. The predicted molar refractivity (Wildman–Crippen MR) is 138 cm³/mol. The van der Waals surface area contributed by atoms with Crippen molar-refractivity contribution in [1.82, 2.24) is 20.6 Å². The molecule has 0 unspecified atom stereocenters. The normalized spacial score (nSPS) is 10.9. The van der Waals surface area contributed by atoms with E-state index >= 15 is 0 Å². The van der Waals surface area contributed by atoms with Crippen LogP contribution >= 0.6 is 0 Å². The van der Waals surface area contributed by atoms with E-state index in [1.807, 2.05) is 42.5 Å². The minimum absolute atomic E-state index is 0.0210. The third-order valence-electron chi connectivity index (χ3n) is 5.69. The molecule has 3 aromatic carbocycles. The highest BCUT2D eigenvalue weighted by atomic mass is 19.1. The summed E-state index contributed by atoms with van der Waals surface area (Å²) in [5, 5.41) is 19.8. The number of tetrazole rings is 1. The highest BCUT2D eigenvalue weighted by Gasteiger charge is 2.17. The molecule has 0 radical (unpaired) electrons. The molecule has 0 atom stereocenters. The third-order valence-corrected chi connectivity index (χ3v) is 5.69. The van der Waals surface area contributed by atoms with Gasteiger partial charge in [0.15, 0.2) is 0 Å². The van der Waals surface area contributed by atoms with Gasteiger partial charge in [0, 0.05) is 5.56 Å². The summed E-state index contributed by atoms with van der Waals surface area (Å²) in [4.78, 5) is 12.8. The van der Waals surface area contributed by atoms with E-state index in [1.54, 1.807) is 12.1 Å². The molecular weight excluding hydrogens is 459 g/mol. The number of para-hydroxylation sites is 1. The van der Waals surface area contributed by atoms with Crippen LogP contribution in [0.25, 0.3) is 22.5 Å². The molecule has 0 aliphatic heterocycles. The van der Waals surface area contributed by atoms with Crippen molar-refractivity contribution in [1.29, 1.82) is 0 Å². The second kappa shape index (κ2) is 11.9. The Balaban J connectivity index is 1.69. The number of urea groups is 1. The number of hydrogen-bond donors (Lipinski definition) is 3. The number of anilines is 2. The van der Waals surface area contributed by atoms with Crippen LogP contribution in [0.5, 0.6) is 5.75 Å². The lowest BCUT2D eigenvalue weighted by atomic mass is 9.98. The first-order valence-corrected chi connectivity index (χ1v) is 12.1. The number of aromatic amines is 1. The van der Waals surface area contributed by atoms with Gasteiger partial charge >= 0.3 is 6.03 Å². The monoisotopic (exact) mass is 488 g/mol. The Labute approximate surface area is 209 Å². The van der Waals surface area contributed by atoms with Crippen molar-refractivity contribution in [3.05, 3.63) is 72.5 Å². The molecule has 0 aliphatic rings. The zero-order valence-electron chi connectivity index (χ0n) is 20.3. The lowest BCUT2D eigenvalue weighted by Crippen LogP contribution is -2.22. The fourth-order valence-electron chi connectivity index (χ4n) is 4.03. The van der Waals surface area contributed by atoms with Gasteiger partial charge in [-0.2, -0.15) is 5.21 Å². The number of aromatic nitrogens is 4. The smallest absolute Gasteiger partial charge is 0.323 e. The number of benzene rings is 3. The number of hydrogen-bond acceptors (Lipinski definition) is 5. The van der Waals surface area contributed by atoms with Crippen LogP contribution in [0.2, 0.25) is 0 Å². The summed E-state index contributed by atoms with van der Waals surface area (Å²) in [5.41, 5.74) is 3.04. The number of halogens is 1. The standard InChI is InChI=1S/C27H29FN6O2/c1-3-9-19(10-4-2)36-25-16-15-18(20-11-5-6-12-21(20)26-31-33-34-32-26)17-24(25)30-27(35)29-23-14-8-7-13-22(23)28/h5-8,11-17,19H,3-4,9-10H2,1-2H3,(H2,29,30,35)(H,31,32,33,34). The van der Waals surface area contributed by atoms with Crippen LogP contribution < -0.4 is 15.4 Å². The molecule has 0 aliphatic carbocycles. The number of carbonyl (C=O) groups is 1. The Kier molecular flexibility index (Phi) is 8.23. The van der Waals surface area contributed by atoms with Crippen molar-refractivity contribution in [3.63, 3.8) is 0 Å². The summed E-state index contributed by atoms with van der Waals surface area (Å²) in [6.07, 6.45) is 3.79. The van der Waals surface area contributed by atoms with Crippen molar-refractivity contribution in [2.24, 2.45) is 0 Å². The van der Waals surface area contributed by atoms with E-state index in [0.717, 1.165) is 42.4 Å². The molecule has 0 fully saturated rings. The van der Waals surface area contributed by atoms with Crippen molar-refractivity contribution in [3.8, 4) is 28.3 Å². The Hall–Kier alpha value is -4.27. The number of carbonyl (C=O) groups excluding carboxylic acids is 1. The third kappa shape index (κ3) is 6.04. The topological polar surface area (TPSA) is 105 Å². The van der Waals surface area contributed by atoms with Gasteiger partial charge in [-0.3, -0.25) is 0 Å². The predicted octanol–water partition coefficient (Wildman–Crippen LogP) is 6.66. The van der Waals surface area contributed by atoms with Gasteiger partial charge in [0.1, 0.15) is 11.6 Å². The molecule has 0 saturated heterocycles. The maximum Gasteiger partial charge on any atom is 0.323 e. The van der Waals surface area contributed by atoms with Crippen LogP contribution in [0.15, 0.2) is 66.7 Å². The molecule has 1 heterocycles. The summed E-state index contributed by atoms with van der Waals surface area (Å²) >= 11 is 0. The summed E-state index contributed by atoms with van der Waals surface area (Å²) in [7, 11) is 0. The Bertz CT molecular complexity index is 1290. The zero-order chi connectivity index (χ0) is 25.3. The molecule has 36 heavy (non-hydrogen) atoms. The first kappa shape index (κ1) is 24.8. The van der Waals surface area contributed by atoms with E-state index in [4.69, 9.17) is 4.74 Å². The van der Waals surface area contributed by atoms with Gasteiger partial charge in [-0.15, -0.1) is 10.2 Å². The van der Waals surface area contributed by atoms with Gasteiger partial charge in [0.05, 0.1) is 17.5 Å². The summed E-state index contributed by atoms with van der Waals surface area (Å²) in [5.74, 6) is 0.493. The van der Waals surface area contributed by atoms with Crippen molar-refractivity contribution in [2.75, 3.05) is 10.6 Å². The van der Waals surface area contributed by atoms with Crippen molar-refractivity contribution >= 4 is 17.4 Å². The van der Waals surface area contributed by atoms with Gasteiger partial charge in [-0.25, -0.2) is 9.18 Å². The summed E-state index contributed by atoms with van der Waals surface area (Å²) in [6.45, 7) is 4.23. The minimum atomic E-state index is -0.573. The SMILES string of the molecule is CCCC(CCC)Oc1ccc(-c2ccccc2-c2nn[nH]n2)cc1NC(=O)Nc1ccccc1F. The lowest BCUT2D eigenvalue weighted by molar-refractivity contribution is 0.180. The van der Waals surface area contributed by atoms with Crippen LogP contribution in [0.4, 0.5) is 20.6 Å². The van der Waals surface area contributed by atoms with E-state index in [2.05, 4.69) is 45.1 Å². The lowest BCUT2D eigenvalue weighted by Gasteiger charge is -2.21. The van der Waals surface area contributed by atoms with E-state index in [1.165, 1.54) is 12.1 Å². The molecule has 3 N–H and O–H groups in total. The summed E-state index contributed by atoms with van der Waals surface area (Å²) in [6, 6.07) is 18.7. The molecule has 4 rings (SSSR count). The number of amides is 2. The molecule has 9 heteroatoms. The van der Waals surface area contributed by atoms with Gasteiger partial charge in [0.2, 0.25) is 5.82 Å². The molecule has 1 aromatic heterocycles. The average molecular weight is 489 g/mol. The highest BCUT2D eigenvalue weighted by molar-refractivity contribution is 6.01. The highest BCUT2D eigenvalue weighted by Crippen LogP contribution is 2.36. The molecule has 0 saturated carbocycles. The second-order valence-electron chi connectivity index (χ2n) is 8.37. The molecule has 186 valence electrons. The second-order valence-corrected chi connectivity index (χ2v) is 8.37. The number of rotatable bonds is 10. The van der Waals surface area contributed by atoms with Gasteiger partial charge in [-0.1, -0.05) is 69.2 Å². The van der Waals surface area contributed by atoms with Crippen LogP contribution in [-0.4, -0.2) is 32.8 Å². The maximum atomic E-state index is 14.1. The van der Waals surface area contributed by atoms with E-state index < -0.39 is 11.8 Å². The molecule has 0 spiro atoms.